The molecule has 1 aliphatic carbocycles. The van der Waals surface area contributed by atoms with Crippen LogP contribution in [0.4, 0.5) is 5.13 Å². The summed E-state index contributed by atoms with van der Waals surface area (Å²) in [5.41, 5.74) is 1.09. The smallest absolute Gasteiger partial charge is 0.279 e. The minimum Gasteiger partial charge on any atom is -0.360 e. The molecule has 1 saturated carbocycles. The molecule has 4 rings (SSSR count). The second-order valence-electron chi connectivity index (χ2n) is 6.22. The van der Waals surface area contributed by atoms with E-state index in [1.165, 1.54) is 15.6 Å². The zero-order chi connectivity index (χ0) is 17.6. The van der Waals surface area contributed by atoms with Crippen molar-refractivity contribution < 1.29 is 17.7 Å². The van der Waals surface area contributed by atoms with Crippen LogP contribution in [0.2, 0.25) is 0 Å². The van der Waals surface area contributed by atoms with Crippen LogP contribution < -0.4 is 5.32 Å². The molecular weight excluding hydrogens is 364 g/mol. The van der Waals surface area contributed by atoms with Crippen LogP contribution in [0.15, 0.2) is 10.6 Å². The Morgan fingerprint density at radius 2 is 2.28 bits per heavy atom. The maximum absolute atomic E-state index is 12.3. The number of hydrogen-bond donors (Lipinski definition) is 1. The van der Waals surface area contributed by atoms with Crippen molar-refractivity contribution in [1.82, 2.24) is 14.4 Å². The van der Waals surface area contributed by atoms with Gasteiger partial charge >= 0.3 is 0 Å². The zero-order valence-corrected chi connectivity index (χ0v) is 15.3. The van der Waals surface area contributed by atoms with Gasteiger partial charge in [0.25, 0.3) is 5.91 Å². The normalized spacial score (nSPS) is 18.1. The molecule has 8 nitrogen and oxygen atoms in total. The highest BCUT2D eigenvalue weighted by Crippen LogP contribution is 2.40. The Kier molecular flexibility index (Phi) is 4.13. The third kappa shape index (κ3) is 3.33. The topological polar surface area (TPSA) is 105 Å². The van der Waals surface area contributed by atoms with E-state index < -0.39 is 10.0 Å². The summed E-state index contributed by atoms with van der Waals surface area (Å²) in [7, 11) is -3.22. The number of carbonyl (C=O) groups excluding carboxylic acids is 1. The Hall–Kier alpha value is -1.78. The highest BCUT2D eigenvalue weighted by atomic mass is 32.2. The fraction of sp³-hybridized carbons (Fsp3) is 0.533. The first kappa shape index (κ1) is 16.7. The molecule has 2 aliphatic rings. The lowest BCUT2D eigenvalue weighted by Gasteiger charge is -2.24. The molecule has 10 heteroatoms. The Morgan fingerprint density at radius 1 is 1.48 bits per heavy atom. The number of carbonyl (C=O) groups is 1. The molecule has 1 aliphatic heterocycles. The Morgan fingerprint density at radius 3 is 3.00 bits per heavy atom. The summed E-state index contributed by atoms with van der Waals surface area (Å²) in [6, 6.07) is 1.68. The number of amides is 1. The van der Waals surface area contributed by atoms with Crippen LogP contribution in [-0.4, -0.2) is 41.1 Å². The number of fused-ring (bicyclic) bond motifs is 1. The predicted octanol–water partition coefficient (Wildman–Crippen LogP) is 1.97. The molecule has 0 atom stereocenters. The van der Waals surface area contributed by atoms with E-state index in [4.69, 9.17) is 4.52 Å². The third-order valence-corrected chi connectivity index (χ3v) is 7.24. The third-order valence-electron chi connectivity index (χ3n) is 4.42. The molecule has 0 radical (unpaired) electrons. The van der Waals surface area contributed by atoms with Gasteiger partial charge in [-0.05, 0) is 19.8 Å². The van der Waals surface area contributed by atoms with Gasteiger partial charge in [0, 0.05) is 36.4 Å². The molecule has 134 valence electrons. The maximum Gasteiger partial charge on any atom is 0.279 e. The number of hydrogen-bond acceptors (Lipinski definition) is 7. The van der Waals surface area contributed by atoms with E-state index in [-0.39, 0.29) is 17.4 Å². The highest BCUT2D eigenvalue weighted by Gasteiger charge is 2.30. The van der Waals surface area contributed by atoms with E-state index >= 15 is 0 Å². The molecule has 0 spiro atoms. The van der Waals surface area contributed by atoms with Crippen molar-refractivity contribution in [2.24, 2.45) is 0 Å². The zero-order valence-electron chi connectivity index (χ0n) is 13.7. The molecule has 0 unspecified atom stereocenters. The van der Waals surface area contributed by atoms with Crippen molar-refractivity contribution in [1.29, 1.82) is 0 Å². The van der Waals surface area contributed by atoms with Crippen molar-refractivity contribution in [2.75, 3.05) is 17.6 Å². The number of nitrogens with one attached hydrogen (secondary N) is 1. The van der Waals surface area contributed by atoms with E-state index in [0.717, 1.165) is 29.2 Å². The predicted molar refractivity (Wildman–Crippen MR) is 92.1 cm³/mol. The van der Waals surface area contributed by atoms with Gasteiger partial charge in [-0.2, -0.15) is 4.31 Å². The summed E-state index contributed by atoms with van der Waals surface area (Å²) in [5.74, 6) is 0.872. The summed E-state index contributed by atoms with van der Waals surface area (Å²) in [6.07, 6.45) is 2.70. The fourth-order valence-corrected chi connectivity index (χ4v) is 4.92. The van der Waals surface area contributed by atoms with E-state index in [0.29, 0.717) is 30.6 Å². The summed E-state index contributed by atoms with van der Waals surface area (Å²) in [4.78, 5) is 17.6. The fourth-order valence-electron chi connectivity index (χ4n) is 2.76. The molecule has 1 amide bonds. The van der Waals surface area contributed by atoms with Gasteiger partial charge < -0.3 is 4.52 Å². The highest BCUT2D eigenvalue weighted by molar-refractivity contribution is 7.89. The minimum atomic E-state index is -3.22. The monoisotopic (exact) mass is 382 g/mol. The molecular formula is C15H18N4O4S2. The van der Waals surface area contributed by atoms with Crippen molar-refractivity contribution in [3.63, 3.8) is 0 Å². The van der Waals surface area contributed by atoms with Crippen LogP contribution >= 0.6 is 11.3 Å². The van der Waals surface area contributed by atoms with Crippen molar-refractivity contribution >= 4 is 32.4 Å². The Balaban J connectivity index is 1.46. The van der Waals surface area contributed by atoms with E-state index in [2.05, 4.69) is 15.5 Å². The molecule has 3 heterocycles. The second-order valence-corrected chi connectivity index (χ2v) is 9.56. The van der Waals surface area contributed by atoms with Crippen molar-refractivity contribution in [2.45, 2.75) is 38.6 Å². The largest absolute Gasteiger partial charge is 0.360 e. The van der Waals surface area contributed by atoms with Gasteiger partial charge in [-0.25, -0.2) is 13.4 Å². The SMILES string of the molecule is CCS(=O)(=O)N1CCc2nc(NC(=O)c3cc(C4CC4)on3)sc2C1. The molecule has 2 aromatic heterocycles. The molecule has 25 heavy (non-hydrogen) atoms. The van der Waals surface area contributed by atoms with Gasteiger partial charge in [0.1, 0.15) is 5.76 Å². The quantitative estimate of drug-likeness (QED) is 0.847. The number of rotatable bonds is 5. The molecule has 0 aromatic carbocycles. The lowest BCUT2D eigenvalue weighted by Crippen LogP contribution is -2.36. The van der Waals surface area contributed by atoms with E-state index in [1.54, 1.807) is 13.0 Å². The van der Waals surface area contributed by atoms with Gasteiger partial charge in [0.2, 0.25) is 10.0 Å². The Bertz CT molecular complexity index is 914. The molecule has 1 N–H and O–H groups in total. The summed E-state index contributed by atoms with van der Waals surface area (Å²) in [6.45, 7) is 2.38. The minimum absolute atomic E-state index is 0.0835. The van der Waals surface area contributed by atoms with Gasteiger partial charge in [0.05, 0.1) is 11.4 Å². The first-order valence-electron chi connectivity index (χ1n) is 8.20. The first-order chi connectivity index (χ1) is 12.0. The average Bonchev–Trinajstić information content (AvgIpc) is 3.18. The van der Waals surface area contributed by atoms with Crippen LogP contribution in [0.5, 0.6) is 0 Å². The molecule has 2 aromatic rings. The van der Waals surface area contributed by atoms with Crippen LogP contribution in [0.25, 0.3) is 0 Å². The lowest BCUT2D eigenvalue weighted by atomic mass is 10.2. The summed E-state index contributed by atoms with van der Waals surface area (Å²) >= 11 is 1.31. The van der Waals surface area contributed by atoms with Gasteiger partial charge in [-0.3, -0.25) is 10.1 Å². The number of aromatic nitrogens is 2. The van der Waals surface area contributed by atoms with E-state index in [1.807, 2.05) is 0 Å². The van der Waals surface area contributed by atoms with E-state index in [9.17, 15) is 13.2 Å². The molecule has 0 saturated heterocycles. The van der Waals surface area contributed by atoms with Crippen molar-refractivity contribution in [3.05, 3.63) is 28.1 Å². The summed E-state index contributed by atoms with van der Waals surface area (Å²) < 4.78 is 30.7. The van der Waals surface area contributed by atoms with Crippen LogP contribution in [0.1, 0.15) is 52.5 Å². The number of thiazole rings is 1. The maximum atomic E-state index is 12.3. The van der Waals surface area contributed by atoms with Crippen LogP contribution in [0.3, 0.4) is 0 Å². The summed E-state index contributed by atoms with van der Waals surface area (Å²) in [5, 5.41) is 7.01. The standard InChI is InChI=1S/C15H18N4O4S2/c1-2-25(21,22)19-6-5-10-13(8-19)24-15(16-10)17-14(20)11-7-12(23-18-11)9-3-4-9/h7,9H,2-6,8H2,1H3,(H,16,17,20). The van der Waals surface area contributed by atoms with Crippen LogP contribution in [0, 0.1) is 0 Å². The number of nitrogens with zero attached hydrogens (tertiary/aromatic N) is 3. The average molecular weight is 382 g/mol. The molecule has 1 fully saturated rings. The van der Waals surface area contributed by atoms with Gasteiger partial charge in [-0.1, -0.05) is 5.16 Å². The number of sulfonamides is 1. The number of anilines is 1. The van der Waals surface area contributed by atoms with Crippen LogP contribution in [-0.2, 0) is 23.0 Å². The van der Waals surface area contributed by atoms with Gasteiger partial charge in [0.15, 0.2) is 10.8 Å². The lowest BCUT2D eigenvalue weighted by molar-refractivity contribution is 0.101. The van der Waals surface area contributed by atoms with Crippen molar-refractivity contribution in [3.8, 4) is 0 Å². The second kappa shape index (κ2) is 6.19. The molecule has 0 bridgehead atoms. The first-order valence-corrected chi connectivity index (χ1v) is 10.6. The Labute approximate surface area is 149 Å². The van der Waals surface area contributed by atoms with Gasteiger partial charge in [-0.15, -0.1) is 11.3 Å².